The highest BCUT2D eigenvalue weighted by Gasteiger charge is 2.27. The maximum absolute atomic E-state index is 13.7. The number of rotatable bonds is 10. The van der Waals surface area contributed by atoms with E-state index < -0.39 is 47.5 Å². The van der Waals surface area contributed by atoms with E-state index in [0.29, 0.717) is 11.8 Å². The van der Waals surface area contributed by atoms with Gasteiger partial charge in [0.25, 0.3) is 5.91 Å². The van der Waals surface area contributed by atoms with E-state index in [1.54, 1.807) is 44.2 Å². The second-order valence-electron chi connectivity index (χ2n) is 7.99. The van der Waals surface area contributed by atoms with Crippen molar-refractivity contribution >= 4 is 24.0 Å². The second kappa shape index (κ2) is 11.8. The molecule has 33 heavy (non-hydrogen) atoms. The molecule has 7 nitrogen and oxygen atoms in total. The number of benzene rings is 2. The lowest BCUT2D eigenvalue weighted by Gasteiger charge is -2.23. The van der Waals surface area contributed by atoms with Crippen LogP contribution in [0, 0.1) is 17.6 Å². The van der Waals surface area contributed by atoms with Crippen LogP contribution in [-0.2, 0) is 20.8 Å². The molecule has 3 atom stereocenters. The van der Waals surface area contributed by atoms with Gasteiger partial charge in [-0.25, -0.2) is 8.78 Å². The molecule has 0 aromatic heterocycles. The zero-order valence-corrected chi connectivity index (χ0v) is 18.6. The Kier molecular flexibility index (Phi) is 9.20. The Hall–Kier alpha value is -3.62. The normalized spacial score (nSPS) is 13.5. The number of nitrogens with one attached hydrogen (secondary N) is 3. The molecule has 3 N–H and O–H groups in total. The van der Waals surface area contributed by atoms with Crippen LogP contribution in [0.1, 0.15) is 36.7 Å². The highest BCUT2D eigenvalue weighted by Crippen LogP contribution is 2.12. The lowest BCUT2D eigenvalue weighted by Crippen LogP contribution is -2.55. The lowest BCUT2D eigenvalue weighted by molar-refractivity contribution is -0.130. The molecular weight excluding hydrogens is 432 g/mol. The summed E-state index contributed by atoms with van der Waals surface area (Å²) in [6, 6.07) is 8.43. The maximum Gasteiger partial charge on any atom is 0.251 e. The summed E-state index contributed by atoms with van der Waals surface area (Å²) in [5.41, 5.74) is 0.581. The van der Waals surface area contributed by atoms with Crippen molar-refractivity contribution in [3.05, 3.63) is 71.3 Å². The van der Waals surface area contributed by atoms with Gasteiger partial charge in [0.05, 0.1) is 6.04 Å². The molecular formula is C24H27F2N3O4. The summed E-state index contributed by atoms with van der Waals surface area (Å²) in [6.07, 6.45) is 0.474. The van der Waals surface area contributed by atoms with Crippen molar-refractivity contribution in [2.75, 3.05) is 0 Å². The van der Waals surface area contributed by atoms with Crippen LogP contribution in [0.3, 0.4) is 0 Å². The Balaban J connectivity index is 2.17. The van der Waals surface area contributed by atoms with E-state index in [1.165, 1.54) is 13.0 Å². The number of aldehydes is 1. The number of halogens is 2. The molecule has 3 amide bonds. The fourth-order valence-corrected chi connectivity index (χ4v) is 2.97. The Bertz CT molecular complexity index is 998. The summed E-state index contributed by atoms with van der Waals surface area (Å²) in [5, 5.41) is 7.62. The molecule has 0 fully saturated rings. The molecule has 0 bridgehead atoms. The standard InChI is InChI=1S/C24H27F2N3O4/c1-14(2)21(13-30)29-22(31)15(3)27-24(33)20(12-16-9-10-18(25)19(26)11-16)28-23(32)17-7-5-4-6-8-17/h4-11,13-15,20-21H,12H2,1-3H3,(H,27,33)(H,28,32)(H,29,31)/t15-,20+,21+/m0/s1. The summed E-state index contributed by atoms with van der Waals surface area (Å²) in [4.78, 5) is 49.1. The largest absolute Gasteiger partial charge is 0.345 e. The minimum absolute atomic E-state index is 0.138. The van der Waals surface area contributed by atoms with Gasteiger partial charge >= 0.3 is 0 Å². The summed E-state index contributed by atoms with van der Waals surface area (Å²) >= 11 is 0. The molecule has 0 aliphatic heterocycles. The SMILES string of the molecule is CC(C)[C@@H](C=O)NC(=O)[C@H](C)NC(=O)[C@@H](Cc1ccc(F)c(F)c1)NC(=O)c1ccccc1. The molecule has 0 radical (unpaired) electrons. The molecule has 0 saturated carbocycles. The molecule has 0 unspecified atom stereocenters. The Labute approximate surface area is 190 Å². The van der Waals surface area contributed by atoms with Gasteiger partial charge in [-0.2, -0.15) is 0 Å². The minimum atomic E-state index is -1.18. The molecule has 0 spiro atoms. The van der Waals surface area contributed by atoms with Crippen LogP contribution in [0.15, 0.2) is 48.5 Å². The summed E-state index contributed by atoms with van der Waals surface area (Å²) < 4.78 is 26.9. The molecule has 0 heterocycles. The fraction of sp³-hybridized carbons (Fsp3) is 0.333. The average Bonchev–Trinajstić information content (AvgIpc) is 2.79. The van der Waals surface area contributed by atoms with Crippen molar-refractivity contribution in [1.29, 1.82) is 0 Å². The first-order valence-corrected chi connectivity index (χ1v) is 10.5. The van der Waals surface area contributed by atoms with Crippen LogP contribution in [0.2, 0.25) is 0 Å². The van der Waals surface area contributed by atoms with E-state index in [-0.39, 0.29) is 17.9 Å². The van der Waals surface area contributed by atoms with Crippen LogP contribution in [0.5, 0.6) is 0 Å². The van der Waals surface area contributed by atoms with Crippen molar-refractivity contribution in [3.63, 3.8) is 0 Å². The van der Waals surface area contributed by atoms with E-state index in [1.807, 2.05) is 0 Å². The summed E-state index contributed by atoms with van der Waals surface area (Å²) in [7, 11) is 0. The van der Waals surface area contributed by atoms with Gasteiger partial charge in [0.15, 0.2) is 11.6 Å². The molecule has 2 rings (SSSR count). The second-order valence-corrected chi connectivity index (χ2v) is 7.99. The topological polar surface area (TPSA) is 104 Å². The highest BCUT2D eigenvalue weighted by molar-refractivity contribution is 5.98. The fourth-order valence-electron chi connectivity index (χ4n) is 2.97. The first-order valence-electron chi connectivity index (χ1n) is 10.5. The monoisotopic (exact) mass is 459 g/mol. The zero-order chi connectivity index (χ0) is 24.5. The number of carbonyl (C=O) groups is 4. The van der Waals surface area contributed by atoms with E-state index in [0.717, 1.165) is 12.1 Å². The van der Waals surface area contributed by atoms with Crippen LogP contribution < -0.4 is 16.0 Å². The van der Waals surface area contributed by atoms with Crippen LogP contribution >= 0.6 is 0 Å². The Morgan fingerprint density at radius 1 is 0.879 bits per heavy atom. The zero-order valence-electron chi connectivity index (χ0n) is 18.6. The van der Waals surface area contributed by atoms with Crippen molar-refractivity contribution in [2.24, 2.45) is 5.92 Å². The number of amides is 3. The van der Waals surface area contributed by atoms with Gasteiger partial charge in [0.1, 0.15) is 18.4 Å². The van der Waals surface area contributed by atoms with E-state index in [9.17, 15) is 28.0 Å². The first-order chi connectivity index (χ1) is 15.6. The molecule has 9 heteroatoms. The van der Waals surface area contributed by atoms with E-state index >= 15 is 0 Å². The minimum Gasteiger partial charge on any atom is -0.345 e. The quantitative estimate of drug-likeness (QED) is 0.474. The van der Waals surface area contributed by atoms with Gasteiger partial charge < -0.3 is 20.7 Å². The van der Waals surface area contributed by atoms with Crippen molar-refractivity contribution < 1.29 is 28.0 Å². The summed E-state index contributed by atoms with van der Waals surface area (Å²) in [6.45, 7) is 4.96. The van der Waals surface area contributed by atoms with E-state index in [2.05, 4.69) is 16.0 Å². The number of hydrogen-bond acceptors (Lipinski definition) is 4. The van der Waals surface area contributed by atoms with Crippen molar-refractivity contribution in [1.82, 2.24) is 16.0 Å². The van der Waals surface area contributed by atoms with Crippen molar-refractivity contribution in [3.8, 4) is 0 Å². The maximum atomic E-state index is 13.7. The van der Waals surface area contributed by atoms with Gasteiger partial charge in [-0.3, -0.25) is 14.4 Å². The molecule has 2 aromatic carbocycles. The van der Waals surface area contributed by atoms with E-state index in [4.69, 9.17) is 0 Å². The van der Waals surface area contributed by atoms with Crippen LogP contribution in [0.4, 0.5) is 8.78 Å². The highest BCUT2D eigenvalue weighted by atomic mass is 19.2. The first kappa shape index (κ1) is 25.6. The smallest absolute Gasteiger partial charge is 0.251 e. The molecule has 0 saturated heterocycles. The third-order valence-corrected chi connectivity index (χ3v) is 5.01. The number of hydrogen-bond donors (Lipinski definition) is 3. The van der Waals surface area contributed by atoms with Crippen molar-refractivity contribution in [2.45, 2.75) is 45.3 Å². The third kappa shape index (κ3) is 7.48. The van der Waals surface area contributed by atoms with Gasteiger partial charge in [-0.1, -0.05) is 38.1 Å². The van der Waals surface area contributed by atoms with Gasteiger partial charge in [0.2, 0.25) is 11.8 Å². The predicted molar refractivity (Wildman–Crippen MR) is 118 cm³/mol. The van der Waals surface area contributed by atoms with Crippen LogP contribution in [0.25, 0.3) is 0 Å². The van der Waals surface area contributed by atoms with Gasteiger partial charge in [0, 0.05) is 12.0 Å². The summed E-state index contributed by atoms with van der Waals surface area (Å²) in [5.74, 6) is -4.07. The van der Waals surface area contributed by atoms with Gasteiger partial charge in [-0.05, 0) is 42.7 Å². The predicted octanol–water partition coefficient (Wildman–Crippen LogP) is 2.15. The lowest BCUT2D eigenvalue weighted by atomic mass is 10.0. The third-order valence-electron chi connectivity index (χ3n) is 5.01. The number of carbonyl (C=O) groups excluding carboxylic acids is 4. The molecule has 176 valence electrons. The molecule has 0 aliphatic carbocycles. The Morgan fingerprint density at radius 2 is 1.55 bits per heavy atom. The van der Waals surface area contributed by atoms with Gasteiger partial charge in [-0.15, -0.1) is 0 Å². The molecule has 2 aromatic rings. The molecule has 0 aliphatic rings. The Morgan fingerprint density at radius 3 is 2.12 bits per heavy atom. The van der Waals surface area contributed by atoms with Crippen LogP contribution in [-0.4, -0.2) is 42.1 Å². The average molecular weight is 459 g/mol.